The van der Waals surface area contributed by atoms with Crippen molar-refractivity contribution in [2.45, 2.75) is 26.7 Å². The molecule has 280 valence electrons. The van der Waals surface area contributed by atoms with Gasteiger partial charge in [-0.15, -0.1) is 0 Å². The predicted molar refractivity (Wildman–Crippen MR) is 244 cm³/mol. The summed E-state index contributed by atoms with van der Waals surface area (Å²) in [6.07, 6.45) is 12.0. The van der Waals surface area contributed by atoms with Gasteiger partial charge in [-0.3, -0.25) is 0 Å². The Balaban J connectivity index is 1.25. The summed E-state index contributed by atoms with van der Waals surface area (Å²) in [5, 5.41) is 2.62. The lowest BCUT2D eigenvalue weighted by Gasteiger charge is -2.38. The lowest BCUT2D eigenvalue weighted by Crippen LogP contribution is -2.41. The molecule has 58 heavy (non-hydrogen) atoms. The van der Waals surface area contributed by atoms with Crippen molar-refractivity contribution >= 4 is 45.7 Å². The van der Waals surface area contributed by atoms with Gasteiger partial charge in [-0.05, 0) is 137 Å². The zero-order valence-corrected chi connectivity index (χ0v) is 33.1. The lowest BCUT2D eigenvalue weighted by molar-refractivity contribution is 0.672. The normalized spacial score (nSPS) is 16.7. The fourth-order valence-corrected chi connectivity index (χ4v) is 9.27. The van der Waals surface area contributed by atoms with Crippen LogP contribution < -0.4 is 20.2 Å². The fraction of sp³-hybridized carbons (Fsp3) is 0.107. The summed E-state index contributed by atoms with van der Waals surface area (Å²) in [6.45, 7) is 4.31. The number of anilines is 5. The zero-order chi connectivity index (χ0) is 39.0. The van der Waals surface area contributed by atoms with Crippen LogP contribution in [-0.4, -0.2) is 0 Å². The first-order valence-electron chi connectivity index (χ1n) is 20.6. The molecule has 2 nitrogen and oxygen atoms in total. The van der Waals surface area contributed by atoms with Gasteiger partial charge in [0.1, 0.15) is 0 Å². The molecular weight excluding hydrogens is 701 g/mol. The van der Waals surface area contributed by atoms with Crippen LogP contribution in [0.2, 0.25) is 0 Å². The topological polar surface area (TPSA) is 6.48 Å². The highest BCUT2D eigenvalue weighted by atomic mass is 15.1. The minimum absolute atomic E-state index is 0.115. The number of nitrogens with zero attached hydrogens (tertiary/aromatic N) is 2. The van der Waals surface area contributed by atoms with E-state index in [2.05, 4.69) is 230 Å². The molecule has 2 atom stereocenters. The largest absolute Gasteiger partial charge is 0.311 e. The molecule has 0 fully saturated rings. The Labute approximate surface area is 342 Å². The van der Waals surface area contributed by atoms with Gasteiger partial charge >= 0.3 is 0 Å². The summed E-state index contributed by atoms with van der Waals surface area (Å²) < 4.78 is 0. The van der Waals surface area contributed by atoms with E-state index in [9.17, 15) is 0 Å². The van der Waals surface area contributed by atoms with Crippen LogP contribution in [0.15, 0.2) is 211 Å². The van der Waals surface area contributed by atoms with E-state index < -0.39 is 0 Å². The highest BCUT2D eigenvalue weighted by molar-refractivity contribution is 5.87. The first-order valence-corrected chi connectivity index (χ1v) is 20.6. The molecular formula is C56H46N2. The maximum Gasteiger partial charge on any atom is 0.0468 e. The van der Waals surface area contributed by atoms with E-state index in [0.717, 1.165) is 41.3 Å². The van der Waals surface area contributed by atoms with E-state index in [1.807, 2.05) is 0 Å². The van der Waals surface area contributed by atoms with Crippen LogP contribution in [0.25, 0.3) is 17.2 Å². The number of benzene rings is 7. The number of hydrogen-bond donors (Lipinski definition) is 0. The second-order valence-corrected chi connectivity index (χ2v) is 15.8. The molecule has 7 aromatic carbocycles. The Kier molecular flexibility index (Phi) is 9.31. The maximum absolute atomic E-state index is 2.57. The van der Waals surface area contributed by atoms with Crippen LogP contribution in [0.5, 0.6) is 0 Å². The standard InChI is InChI=1S/C56H46N2/c1-39-22-28-47(29-23-39)57(45-18-8-4-9-19-45)49-33-35-52-53(37-49)55(42-15-6-3-7-16-42)51-34-32-50(58(46-20-10-5-11-21-46)48-30-24-40(2)25-31-48)38-54(51)56(52)44-27-26-41-14-12-13-17-43(41)36-44/h3-25,28-38,51,54H,26-27H2,1-2H3. The van der Waals surface area contributed by atoms with Crippen molar-refractivity contribution in [3.05, 3.63) is 250 Å². The SMILES string of the molecule is Cc1ccc(N(C2=CC3C(C4=Cc5ccccc5CC4)=c4ccc(N(c5ccccc5)c5ccc(C)cc5)cc4=C(c4ccccc4)C3C=C2)c2ccccc2)cc1. The number of rotatable bonds is 8. The molecule has 0 saturated carbocycles. The van der Waals surface area contributed by atoms with Crippen LogP contribution in [0.3, 0.4) is 0 Å². The Morgan fingerprint density at radius 1 is 0.448 bits per heavy atom. The predicted octanol–water partition coefficient (Wildman–Crippen LogP) is 12.7. The second-order valence-electron chi connectivity index (χ2n) is 15.8. The number of hydrogen-bond acceptors (Lipinski definition) is 2. The van der Waals surface area contributed by atoms with Gasteiger partial charge < -0.3 is 9.80 Å². The molecule has 0 N–H and O–H groups in total. The van der Waals surface area contributed by atoms with Crippen molar-refractivity contribution in [1.82, 2.24) is 0 Å². The summed E-state index contributed by atoms with van der Waals surface area (Å²) in [7, 11) is 0. The van der Waals surface area contributed by atoms with Gasteiger partial charge in [-0.2, -0.15) is 0 Å². The third-order valence-corrected chi connectivity index (χ3v) is 12.1. The number of aryl methyl sites for hydroxylation is 3. The van der Waals surface area contributed by atoms with E-state index in [1.165, 1.54) is 60.7 Å². The van der Waals surface area contributed by atoms with Crippen LogP contribution in [-0.2, 0) is 6.42 Å². The highest BCUT2D eigenvalue weighted by Gasteiger charge is 2.36. The van der Waals surface area contributed by atoms with Crippen molar-refractivity contribution in [3.8, 4) is 0 Å². The summed E-state index contributed by atoms with van der Waals surface area (Å²) in [6, 6.07) is 66.7. The van der Waals surface area contributed by atoms with Crippen LogP contribution >= 0.6 is 0 Å². The van der Waals surface area contributed by atoms with Gasteiger partial charge in [0.05, 0.1) is 0 Å². The summed E-state index contributed by atoms with van der Waals surface area (Å²) in [5.41, 5.74) is 17.7. The van der Waals surface area contributed by atoms with Gasteiger partial charge in [-0.1, -0.05) is 151 Å². The van der Waals surface area contributed by atoms with Gasteiger partial charge in [-0.25, -0.2) is 0 Å². The third-order valence-electron chi connectivity index (χ3n) is 12.1. The summed E-state index contributed by atoms with van der Waals surface area (Å²) >= 11 is 0. The van der Waals surface area contributed by atoms with Crippen molar-refractivity contribution < 1.29 is 0 Å². The Morgan fingerprint density at radius 2 is 1.00 bits per heavy atom. The van der Waals surface area contributed by atoms with Crippen LogP contribution in [0.1, 0.15) is 34.2 Å². The monoisotopic (exact) mass is 746 g/mol. The van der Waals surface area contributed by atoms with Crippen molar-refractivity contribution in [1.29, 1.82) is 0 Å². The number of para-hydroxylation sites is 2. The van der Waals surface area contributed by atoms with Gasteiger partial charge in [0.25, 0.3) is 0 Å². The molecule has 3 aliphatic carbocycles. The second kappa shape index (κ2) is 15.2. The third kappa shape index (κ3) is 6.61. The van der Waals surface area contributed by atoms with Crippen molar-refractivity contribution in [2.24, 2.45) is 11.8 Å². The lowest BCUT2D eigenvalue weighted by atomic mass is 9.68. The Bertz CT molecular complexity index is 2830. The molecule has 0 saturated heterocycles. The van der Waals surface area contributed by atoms with Gasteiger partial charge in [0.15, 0.2) is 0 Å². The smallest absolute Gasteiger partial charge is 0.0468 e. The first kappa shape index (κ1) is 35.5. The van der Waals surface area contributed by atoms with E-state index in [1.54, 1.807) is 0 Å². The molecule has 0 aliphatic heterocycles. The van der Waals surface area contributed by atoms with E-state index in [0.29, 0.717) is 0 Å². The maximum atomic E-state index is 2.57. The molecule has 0 radical (unpaired) electrons. The van der Waals surface area contributed by atoms with Crippen molar-refractivity contribution in [2.75, 3.05) is 9.80 Å². The molecule has 2 unspecified atom stereocenters. The molecule has 7 aromatic rings. The summed E-state index contributed by atoms with van der Waals surface area (Å²) in [4.78, 5) is 4.83. The minimum atomic E-state index is 0.115. The molecule has 0 amide bonds. The number of fused-ring (bicyclic) bond motifs is 3. The van der Waals surface area contributed by atoms with Crippen LogP contribution in [0.4, 0.5) is 28.4 Å². The van der Waals surface area contributed by atoms with Gasteiger partial charge in [0.2, 0.25) is 0 Å². The molecule has 2 heteroatoms. The molecule has 3 aliphatic rings. The first-order chi connectivity index (χ1) is 28.6. The average Bonchev–Trinajstić information content (AvgIpc) is 3.28. The molecule has 0 spiro atoms. The summed E-state index contributed by atoms with van der Waals surface area (Å²) in [5.74, 6) is 0.242. The number of allylic oxidation sites excluding steroid dienone is 4. The Morgan fingerprint density at radius 3 is 1.67 bits per heavy atom. The zero-order valence-electron chi connectivity index (χ0n) is 33.1. The molecule has 0 bridgehead atoms. The quantitative estimate of drug-likeness (QED) is 0.153. The van der Waals surface area contributed by atoms with Gasteiger partial charge in [0, 0.05) is 46.0 Å². The highest BCUT2D eigenvalue weighted by Crippen LogP contribution is 2.46. The fourth-order valence-electron chi connectivity index (χ4n) is 9.27. The minimum Gasteiger partial charge on any atom is -0.311 e. The van der Waals surface area contributed by atoms with E-state index in [-0.39, 0.29) is 11.8 Å². The average molecular weight is 747 g/mol. The molecule has 10 rings (SSSR count). The molecule has 0 aromatic heterocycles. The Hall–Kier alpha value is -6.90. The molecule has 0 heterocycles. The van der Waals surface area contributed by atoms with E-state index in [4.69, 9.17) is 0 Å². The van der Waals surface area contributed by atoms with Crippen molar-refractivity contribution in [3.63, 3.8) is 0 Å². The van der Waals surface area contributed by atoms with Crippen LogP contribution in [0, 0.1) is 25.7 Å². The van der Waals surface area contributed by atoms with E-state index >= 15 is 0 Å².